The van der Waals surface area contributed by atoms with E-state index in [9.17, 15) is 8.78 Å². The first kappa shape index (κ1) is 13.8. The fourth-order valence-corrected chi connectivity index (χ4v) is 3.90. The van der Waals surface area contributed by atoms with Gasteiger partial charge in [0.2, 0.25) is 0 Å². The molecule has 2 atom stereocenters. The quantitative estimate of drug-likeness (QED) is 0.901. The molecular formula is C14H19F2NS. The summed E-state index contributed by atoms with van der Waals surface area (Å²) in [5.74, 6) is 0.245. The summed E-state index contributed by atoms with van der Waals surface area (Å²) in [5, 5.41) is 3.82. The van der Waals surface area contributed by atoms with Crippen LogP contribution in [0.5, 0.6) is 0 Å². The van der Waals surface area contributed by atoms with Crippen LogP contribution in [0.1, 0.15) is 24.8 Å². The summed E-state index contributed by atoms with van der Waals surface area (Å²) < 4.78 is 26.5. The Hall–Kier alpha value is -0.610. The van der Waals surface area contributed by atoms with Gasteiger partial charge in [0.05, 0.1) is 0 Å². The average molecular weight is 271 g/mol. The van der Waals surface area contributed by atoms with Gasteiger partial charge in [-0.3, -0.25) is 0 Å². The molecule has 0 amide bonds. The summed E-state index contributed by atoms with van der Waals surface area (Å²) in [6, 6.07) is 4.12. The molecule has 0 bridgehead atoms. The van der Waals surface area contributed by atoms with Crippen LogP contribution in [-0.4, -0.2) is 24.1 Å². The Labute approximate surface area is 111 Å². The van der Waals surface area contributed by atoms with E-state index >= 15 is 0 Å². The second-order valence-electron chi connectivity index (χ2n) is 4.74. The summed E-state index contributed by atoms with van der Waals surface area (Å²) in [6.45, 7) is 0. The molecule has 1 N–H and O–H groups in total. The molecule has 1 aliphatic heterocycles. The lowest BCUT2D eigenvalue weighted by atomic mass is 9.99. The first-order chi connectivity index (χ1) is 8.70. The standard InChI is InChI=1S/C14H19F2NS/c1-17-13(14-4-2-3-7-18-14)8-10-5-6-11(15)9-12(10)16/h5-6,9,13-14,17H,2-4,7-8H2,1H3. The van der Waals surface area contributed by atoms with Gasteiger partial charge in [-0.1, -0.05) is 12.5 Å². The van der Waals surface area contributed by atoms with Crippen LogP contribution < -0.4 is 5.32 Å². The molecule has 1 aromatic rings. The molecule has 0 aliphatic carbocycles. The zero-order valence-electron chi connectivity index (χ0n) is 10.6. The molecule has 1 nitrogen and oxygen atoms in total. The molecule has 4 heteroatoms. The smallest absolute Gasteiger partial charge is 0.129 e. The van der Waals surface area contributed by atoms with Crippen molar-refractivity contribution in [1.29, 1.82) is 0 Å². The molecule has 100 valence electrons. The Kier molecular flexibility index (Phi) is 5.01. The summed E-state index contributed by atoms with van der Waals surface area (Å²) in [7, 11) is 1.92. The van der Waals surface area contributed by atoms with Gasteiger partial charge in [-0.2, -0.15) is 11.8 Å². The van der Waals surface area contributed by atoms with E-state index in [4.69, 9.17) is 0 Å². The zero-order valence-corrected chi connectivity index (χ0v) is 11.4. The molecule has 18 heavy (non-hydrogen) atoms. The molecule has 2 unspecified atom stereocenters. The van der Waals surface area contributed by atoms with Crippen molar-refractivity contribution in [2.24, 2.45) is 0 Å². The van der Waals surface area contributed by atoms with Crippen molar-refractivity contribution in [3.63, 3.8) is 0 Å². The van der Waals surface area contributed by atoms with Gasteiger partial charge in [0.25, 0.3) is 0 Å². The highest BCUT2D eigenvalue weighted by atomic mass is 32.2. The highest BCUT2D eigenvalue weighted by Gasteiger charge is 2.24. The van der Waals surface area contributed by atoms with Crippen molar-refractivity contribution in [2.45, 2.75) is 37.0 Å². The van der Waals surface area contributed by atoms with Crippen molar-refractivity contribution in [1.82, 2.24) is 5.32 Å². The summed E-state index contributed by atoms with van der Waals surface area (Å²) in [4.78, 5) is 0. The van der Waals surface area contributed by atoms with Gasteiger partial charge >= 0.3 is 0 Å². The van der Waals surface area contributed by atoms with Gasteiger partial charge in [0.15, 0.2) is 0 Å². The first-order valence-electron chi connectivity index (χ1n) is 6.43. The van der Waals surface area contributed by atoms with Gasteiger partial charge in [-0.15, -0.1) is 0 Å². The number of rotatable bonds is 4. The number of halogens is 2. The minimum atomic E-state index is -0.510. The number of hydrogen-bond acceptors (Lipinski definition) is 2. The number of nitrogens with one attached hydrogen (secondary N) is 1. The van der Waals surface area contributed by atoms with E-state index in [0.717, 1.165) is 6.07 Å². The van der Waals surface area contributed by atoms with Crippen LogP contribution in [0.4, 0.5) is 8.78 Å². The monoisotopic (exact) mass is 271 g/mol. The normalized spacial score (nSPS) is 21.8. The molecule has 2 rings (SSSR count). The number of hydrogen-bond donors (Lipinski definition) is 1. The van der Waals surface area contributed by atoms with E-state index in [1.165, 1.54) is 31.1 Å². The van der Waals surface area contributed by atoms with Crippen molar-refractivity contribution >= 4 is 11.8 Å². The molecule has 1 heterocycles. The van der Waals surface area contributed by atoms with Crippen LogP contribution in [0.3, 0.4) is 0 Å². The van der Waals surface area contributed by atoms with Gasteiger partial charge < -0.3 is 5.32 Å². The van der Waals surface area contributed by atoms with Crippen LogP contribution in [0.15, 0.2) is 18.2 Å². The Bertz CT molecular complexity index is 391. The minimum Gasteiger partial charge on any atom is -0.316 e. The Morgan fingerprint density at radius 1 is 1.39 bits per heavy atom. The Morgan fingerprint density at radius 2 is 2.22 bits per heavy atom. The molecule has 0 saturated carbocycles. The lowest BCUT2D eigenvalue weighted by Crippen LogP contribution is -2.39. The molecule has 1 fully saturated rings. The topological polar surface area (TPSA) is 12.0 Å². The Balaban J connectivity index is 2.04. The van der Waals surface area contributed by atoms with E-state index < -0.39 is 11.6 Å². The van der Waals surface area contributed by atoms with E-state index in [0.29, 0.717) is 17.2 Å². The largest absolute Gasteiger partial charge is 0.316 e. The lowest BCUT2D eigenvalue weighted by Gasteiger charge is -2.29. The van der Waals surface area contributed by atoms with Crippen molar-refractivity contribution in [3.05, 3.63) is 35.4 Å². The maximum Gasteiger partial charge on any atom is 0.129 e. The highest BCUT2D eigenvalue weighted by molar-refractivity contribution is 8.00. The van der Waals surface area contributed by atoms with Gasteiger partial charge in [0.1, 0.15) is 11.6 Å². The van der Waals surface area contributed by atoms with Crippen molar-refractivity contribution in [2.75, 3.05) is 12.8 Å². The lowest BCUT2D eigenvalue weighted by molar-refractivity contribution is 0.482. The zero-order chi connectivity index (χ0) is 13.0. The molecule has 1 aromatic carbocycles. The minimum absolute atomic E-state index is 0.260. The molecule has 0 aromatic heterocycles. The third kappa shape index (κ3) is 3.45. The average Bonchev–Trinajstić information content (AvgIpc) is 2.39. The van der Waals surface area contributed by atoms with Crippen LogP contribution in [0, 0.1) is 11.6 Å². The first-order valence-corrected chi connectivity index (χ1v) is 7.48. The fraction of sp³-hybridized carbons (Fsp3) is 0.571. The predicted molar refractivity (Wildman–Crippen MR) is 73.0 cm³/mol. The van der Waals surface area contributed by atoms with Crippen LogP contribution in [0.2, 0.25) is 0 Å². The van der Waals surface area contributed by atoms with Crippen molar-refractivity contribution < 1.29 is 8.78 Å². The SMILES string of the molecule is CNC(Cc1ccc(F)cc1F)C1CCCCS1. The Morgan fingerprint density at radius 3 is 2.83 bits per heavy atom. The number of likely N-dealkylation sites (N-methyl/N-ethyl adjacent to an activating group) is 1. The molecule has 0 spiro atoms. The fourth-order valence-electron chi connectivity index (χ4n) is 2.43. The third-order valence-corrected chi connectivity index (χ3v) is 5.01. The highest BCUT2D eigenvalue weighted by Crippen LogP contribution is 2.29. The van der Waals surface area contributed by atoms with E-state index in [-0.39, 0.29) is 6.04 Å². The number of benzene rings is 1. The summed E-state index contributed by atoms with van der Waals surface area (Å²) in [5.41, 5.74) is 0.599. The van der Waals surface area contributed by atoms with E-state index in [1.807, 2.05) is 18.8 Å². The van der Waals surface area contributed by atoms with Crippen LogP contribution >= 0.6 is 11.8 Å². The van der Waals surface area contributed by atoms with Crippen molar-refractivity contribution in [3.8, 4) is 0 Å². The van der Waals surface area contributed by atoms with Crippen LogP contribution in [0.25, 0.3) is 0 Å². The van der Waals surface area contributed by atoms with Gasteiger partial charge in [-0.05, 0) is 43.7 Å². The number of thioether (sulfide) groups is 1. The second-order valence-corrected chi connectivity index (χ2v) is 6.09. The molecule has 0 radical (unpaired) electrons. The molecule has 1 aliphatic rings. The maximum atomic E-state index is 13.6. The summed E-state index contributed by atoms with van der Waals surface area (Å²) in [6.07, 6.45) is 4.34. The van der Waals surface area contributed by atoms with Gasteiger partial charge in [-0.25, -0.2) is 8.78 Å². The predicted octanol–water partition coefficient (Wildman–Crippen LogP) is 3.38. The molecular weight excluding hydrogens is 252 g/mol. The molecule has 1 saturated heterocycles. The van der Waals surface area contributed by atoms with Crippen LogP contribution in [-0.2, 0) is 6.42 Å². The third-order valence-electron chi connectivity index (χ3n) is 3.49. The summed E-state index contributed by atoms with van der Waals surface area (Å²) >= 11 is 1.97. The van der Waals surface area contributed by atoms with Gasteiger partial charge in [0, 0.05) is 17.4 Å². The van der Waals surface area contributed by atoms with E-state index in [2.05, 4.69) is 5.32 Å². The second kappa shape index (κ2) is 6.53. The van der Waals surface area contributed by atoms with E-state index in [1.54, 1.807) is 6.07 Å². The maximum absolute atomic E-state index is 13.6.